The molecule has 1 amide bonds. The third kappa shape index (κ3) is 5.64. The standard InChI is InChI=1S/C20H18ClF6N5O2/c1-18(2,3)34-17(33)28-16-14(10-7-11(19(22,23)24)9-12(21)8-10)15(20(25,26)27)30-32(16)13-5-6-31(4)29-13/h5-9H,1-4H3,(H,28,33). The Morgan fingerprint density at radius 3 is 2.18 bits per heavy atom. The maximum Gasteiger partial charge on any atom is 0.435 e. The summed E-state index contributed by atoms with van der Waals surface area (Å²) < 4.78 is 89.1. The van der Waals surface area contributed by atoms with Gasteiger partial charge in [-0.1, -0.05) is 11.6 Å². The molecule has 1 N–H and O–H groups in total. The number of halogens is 7. The van der Waals surface area contributed by atoms with Gasteiger partial charge < -0.3 is 4.74 Å². The van der Waals surface area contributed by atoms with Gasteiger partial charge in [-0.3, -0.25) is 10.00 Å². The number of rotatable bonds is 3. The molecule has 0 unspecified atom stereocenters. The second-order valence-electron chi connectivity index (χ2n) is 8.18. The summed E-state index contributed by atoms with van der Waals surface area (Å²) in [4.78, 5) is 12.5. The van der Waals surface area contributed by atoms with Gasteiger partial charge in [0.2, 0.25) is 0 Å². The molecule has 0 aliphatic carbocycles. The van der Waals surface area contributed by atoms with Gasteiger partial charge in [-0.15, -0.1) is 0 Å². The Morgan fingerprint density at radius 2 is 1.68 bits per heavy atom. The fourth-order valence-corrected chi connectivity index (χ4v) is 3.22. The quantitative estimate of drug-likeness (QED) is 0.420. The van der Waals surface area contributed by atoms with Gasteiger partial charge in [0, 0.05) is 24.3 Å². The Kier molecular flexibility index (Phi) is 6.37. The molecular formula is C20H18ClF6N5O2. The predicted molar refractivity (Wildman–Crippen MR) is 111 cm³/mol. The number of nitrogens with zero attached hydrogens (tertiary/aromatic N) is 4. The average Bonchev–Trinajstić information content (AvgIpc) is 3.22. The first kappa shape index (κ1) is 25.4. The van der Waals surface area contributed by atoms with Gasteiger partial charge in [0.15, 0.2) is 11.5 Å². The van der Waals surface area contributed by atoms with Crippen molar-refractivity contribution in [1.29, 1.82) is 0 Å². The molecule has 0 aliphatic rings. The highest BCUT2D eigenvalue weighted by Crippen LogP contribution is 2.44. The minimum absolute atomic E-state index is 0.136. The number of ether oxygens (including phenoxy) is 1. The number of alkyl halides is 6. The first-order chi connectivity index (χ1) is 15.5. The number of hydrogen-bond acceptors (Lipinski definition) is 4. The average molecular weight is 510 g/mol. The van der Waals surface area contributed by atoms with Crippen LogP contribution in [0, 0.1) is 0 Å². The van der Waals surface area contributed by atoms with E-state index in [9.17, 15) is 31.1 Å². The lowest BCUT2D eigenvalue weighted by atomic mass is 10.0. The van der Waals surface area contributed by atoms with Crippen molar-refractivity contribution in [3.05, 3.63) is 46.7 Å². The normalized spacial score (nSPS) is 12.7. The van der Waals surface area contributed by atoms with Crippen molar-refractivity contribution in [3.63, 3.8) is 0 Å². The Morgan fingerprint density at radius 1 is 1.03 bits per heavy atom. The van der Waals surface area contributed by atoms with Crippen molar-refractivity contribution in [2.45, 2.75) is 38.7 Å². The van der Waals surface area contributed by atoms with E-state index in [-0.39, 0.29) is 5.82 Å². The Hall–Kier alpha value is -3.22. The van der Waals surface area contributed by atoms with Crippen molar-refractivity contribution in [1.82, 2.24) is 19.6 Å². The Balaban J connectivity index is 2.34. The van der Waals surface area contributed by atoms with Crippen LogP contribution in [0.15, 0.2) is 30.5 Å². The number of amides is 1. The lowest BCUT2D eigenvalue weighted by Gasteiger charge is -2.20. The second-order valence-corrected chi connectivity index (χ2v) is 8.62. The van der Waals surface area contributed by atoms with Crippen molar-refractivity contribution < 1.29 is 35.9 Å². The molecule has 2 heterocycles. The summed E-state index contributed by atoms with van der Waals surface area (Å²) in [6, 6.07) is 3.27. The van der Waals surface area contributed by atoms with Crippen molar-refractivity contribution in [2.24, 2.45) is 7.05 Å². The van der Waals surface area contributed by atoms with Crippen LogP contribution in [0.2, 0.25) is 5.02 Å². The van der Waals surface area contributed by atoms with E-state index < -0.39 is 57.3 Å². The summed E-state index contributed by atoms with van der Waals surface area (Å²) in [5.74, 6) is -0.737. The van der Waals surface area contributed by atoms with Crippen molar-refractivity contribution >= 4 is 23.5 Å². The topological polar surface area (TPSA) is 74.0 Å². The van der Waals surface area contributed by atoms with E-state index in [1.807, 2.05) is 0 Å². The van der Waals surface area contributed by atoms with E-state index in [0.29, 0.717) is 16.8 Å². The zero-order chi connectivity index (χ0) is 25.6. The molecule has 0 radical (unpaired) electrons. The van der Waals surface area contributed by atoms with E-state index in [2.05, 4.69) is 15.5 Å². The molecule has 0 saturated carbocycles. The molecule has 7 nitrogen and oxygen atoms in total. The highest BCUT2D eigenvalue weighted by atomic mass is 35.5. The number of benzene rings is 1. The van der Waals surface area contributed by atoms with Gasteiger partial charge in [0.1, 0.15) is 11.4 Å². The SMILES string of the molecule is Cn1ccc(-n2nc(C(F)(F)F)c(-c3cc(Cl)cc(C(F)(F)F)c3)c2NC(=O)OC(C)(C)C)n1. The fraction of sp³-hybridized carbons (Fsp3) is 0.350. The molecule has 184 valence electrons. The zero-order valence-electron chi connectivity index (χ0n) is 18.1. The molecule has 3 aromatic rings. The number of aryl methyl sites for hydroxylation is 1. The number of anilines is 1. The van der Waals surface area contributed by atoms with Gasteiger partial charge in [-0.2, -0.15) is 41.2 Å². The second kappa shape index (κ2) is 8.53. The van der Waals surface area contributed by atoms with Crippen LogP contribution < -0.4 is 5.32 Å². The smallest absolute Gasteiger partial charge is 0.435 e. The van der Waals surface area contributed by atoms with Crippen LogP contribution in [0.5, 0.6) is 0 Å². The number of nitrogens with one attached hydrogen (secondary N) is 1. The first-order valence-corrected chi connectivity index (χ1v) is 9.92. The van der Waals surface area contributed by atoms with E-state index in [1.165, 1.54) is 44.8 Å². The Bertz CT molecular complexity index is 1220. The maximum atomic E-state index is 14.0. The van der Waals surface area contributed by atoms with Gasteiger partial charge in [-0.25, -0.2) is 4.79 Å². The monoisotopic (exact) mass is 509 g/mol. The van der Waals surface area contributed by atoms with Crippen LogP contribution >= 0.6 is 11.6 Å². The van der Waals surface area contributed by atoms with Gasteiger partial charge in [0.05, 0.1) is 11.1 Å². The van der Waals surface area contributed by atoms with E-state index >= 15 is 0 Å². The number of aromatic nitrogens is 4. The lowest BCUT2D eigenvalue weighted by Crippen LogP contribution is -2.28. The summed E-state index contributed by atoms with van der Waals surface area (Å²) in [6.07, 6.45) is -9.76. The minimum Gasteiger partial charge on any atom is -0.444 e. The van der Waals surface area contributed by atoms with Crippen LogP contribution in [-0.4, -0.2) is 31.3 Å². The largest absolute Gasteiger partial charge is 0.444 e. The summed E-state index contributed by atoms with van der Waals surface area (Å²) in [5, 5.41) is 9.23. The Labute approximate surface area is 194 Å². The third-order valence-electron chi connectivity index (χ3n) is 4.20. The molecule has 14 heteroatoms. The highest BCUT2D eigenvalue weighted by Gasteiger charge is 2.42. The number of carbonyl (C=O) groups is 1. The van der Waals surface area contributed by atoms with E-state index in [1.54, 1.807) is 0 Å². The molecule has 1 aromatic carbocycles. The summed E-state index contributed by atoms with van der Waals surface area (Å²) in [6.45, 7) is 4.58. The van der Waals surface area contributed by atoms with Crippen LogP contribution in [0.1, 0.15) is 32.0 Å². The summed E-state index contributed by atoms with van der Waals surface area (Å²) in [7, 11) is 1.49. The van der Waals surface area contributed by atoms with Crippen LogP contribution in [0.4, 0.5) is 37.0 Å². The van der Waals surface area contributed by atoms with Crippen molar-refractivity contribution in [3.8, 4) is 16.9 Å². The van der Waals surface area contributed by atoms with Gasteiger partial charge in [-0.05, 0) is 44.5 Å². The minimum atomic E-state index is -5.11. The number of carbonyl (C=O) groups excluding carboxylic acids is 1. The lowest BCUT2D eigenvalue weighted by molar-refractivity contribution is -0.140. The van der Waals surface area contributed by atoms with Gasteiger partial charge >= 0.3 is 18.4 Å². The molecule has 0 saturated heterocycles. The predicted octanol–water partition coefficient (Wildman–Crippen LogP) is 6.31. The highest BCUT2D eigenvalue weighted by molar-refractivity contribution is 6.31. The van der Waals surface area contributed by atoms with E-state index in [4.69, 9.17) is 16.3 Å². The van der Waals surface area contributed by atoms with Crippen LogP contribution in [0.25, 0.3) is 16.9 Å². The third-order valence-corrected chi connectivity index (χ3v) is 4.42. The van der Waals surface area contributed by atoms with Crippen LogP contribution in [-0.2, 0) is 24.1 Å². The number of hydrogen-bond donors (Lipinski definition) is 1. The van der Waals surface area contributed by atoms with Gasteiger partial charge in [0.25, 0.3) is 0 Å². The molecule has 34 heavy (non-hydrogen) atoms. The zero-order valence-corrected chi connectivity index (χ0v) is 18.9. The molecule has 2 aromatic heterocycles. The van der Waals surface area contributed by atoms with Crippen molar-refractivity contribution in [2.75, 3.05) is 5.32 Å². The molecule has 3 rings (SSSR count). The molecular weight excluding hydrogens is 492 g/mol. The maximum absolute atomic E-state index is 14.0. The molecule has 0 spiro atoms. The summed E-state index contributed by atoms with van der Waals surface area (Å²) >= 11 is 5.81. The molecule has 0 atom stereocenters. The summed E-state index contributed by atoms with van der Waals surface area (Å²) in [5.41, 5.74) is -5.26. The molecule has 0 aliphatic heterocycles. The van der Waals surface area contributed by atoms with Crippen LogP contribution in [0.3, 0.4) is 0 Å². The first-order valence-electron chi connectivity index (χ1n) is 9.54. The van der Waals surface area contributed by atoms with E-state index in [0.717, 1.165) is 6.07 Å². The molecule has 0 fully saturated rings. The molecule has 0 bridgehead atoms. The fourth-order valence-electron chi connectivity index (χ4n) is 2.98.